The first-order valence-electron chi connectivity index (χ1n) is 9.86. The molecule has 2 aromatic rings. The highest BCUT2D eigenvalue weighted by Crippen LogP contribution is 2.28. The Labute approximate surface area is 166 Å². The molecule has 3 N–H and O–H groups in total. The number of rotatable bonds is 7. The molecule has 0 saturated carbocycles. The summed E-state index contributed by atoms with van der Waals surface area (Å²) in [4.78, 5) is 16.1. The van der Waals surface area contributed by atoms with Crippen LogP contribution in [-0.2, 0) is 6.54 Å². The number of anilines is 1. The zero-order chi connectivity index (χ0) is 20.1. The number of nitrogens with zero attached hydrogens (tertiary/aromatic N) is 2. The summed E-state index contributed by atoms with van der Waals surface area (Å²) in [7, 11) is 0. The van der Waals surface area contributed by atoms with Gasteiger partial charge in [-0.15, -0.1) is 0 Å². The third-order valence-electron chi connectivity index (χ3n) is 5.44. The molecule has 1 aliphatic heterocycles. The quantitative estimate of drug-likeness (QED) is 0.771. The highest BCUT2D eigenvalue weighted by atomic mass is 19.1. The van der Waals surface area contributed by atoms with Crippen LogP contribution in [0.5, 0.6) is 0 Å². The molecular weight excluding hydrogens is 355 g/mol. The molecule has 1 fully saturated rings. The van der Waals surface area contributed by atoms with Crippen molar-refractivity contribution in [2.24, 2.45) is 5.73 Å². The maximum absolute atomic E-state index is 14.0. The second kappa shape index (κ2) is 9.17. The fraction of sp³-hybridized carbons (Fsp3) is 0.409. The molecule has 1 unspecified atom stereocenters. The highest BCUT2D eigenvalue weighted by Gasteiger charge is 2.21. The predicted molar refractivity (Wildman–Crippen MR) is 111 cm³/mol. The van der Waals surface area contributed by atoms with Crippen molar-refractivity contribution in [1.29, 1.82) is 0 Å². The van der Waals surface area contributed by atoms with E-state index in [0.29, 0.717) is 12.1 Å². The molecule has 5 nitrogen and oxygen atoms in total. The Hall–Kier alpha value is -2.44. The van der Waals surface area contributed by atoms with Crippen molar-refractivity contribution in [3.05, 3.63) is 65.0 Å². The molecule has 28 heavy (non-hydrogen) atoms. The van der Waals surface area contributed by atoms with E-state index in [0.717, 1.165) is 49.5 Å². The van der Waals surface area contributed by atoms with Crippen molar-refractivity contribution in [2.45, 2.75) is 26.4 Å². The molecule has 0 bridgehead atoms. The van der Waals surface area contributed by atoms with Gasteiger partial charge in [0.15, 0.2) is 0 Å². The van der Waals surface area contributed by atoms with Crippen LogP contribution in [0.2, 0.25) is 0 Å². The lowest BCUT2D eigenvalue weighted by atomic mass is 10.0. The van der Waals surface area contributed by atoms with Crippen LogP contribution in [0, 0.1) is 5.82 Å². The number of carbonyl (C=O) groups is 1. The van der Waals surface area contributed by atoms with Crippen LogP contribution in [0.25, 0.3) is 0 Å². The summed E-state index contributed by atoms with van der Waals surface area (Å²) < 4.78 is 14.0. The van der Waals surface area contributed by atoms with E-state index in [-0.39, 0.29) is 11.9 Å². The summed E-state index contributed by atoms with van der Waals surface area (Å²) in [6.07, 6.45) is 0. The number of likely N-dealkylation sites (N-methyl/N-ethyl adjacent to an activating group) is 1. The lowest BCUT2D eigenvalue weighted by molar-refractivity contribution is 0.1000. The van der Waals surface area contributed by atoms with E-state index in [2.05, 4.69) is 22.0 Å². The van der Waals surface area contributed by atoms with Gasteiger partial charge in [0.05, 0.1) is 0 Å². The van der Waals surface area contributed by atoms with Crippen molar-refractivity contribution < 1.29 is 9.18 Å². The van der Waals surface area contributed by atoms with E-state index in [4.69, 9.17) is 5.73 Å². The van der Waals surface area contributed by atoms with Gasteiger partial charge >= 0.3 is 0 Å². The molecule has 0 aliphatic carbocycles. The number of hydrogen-bond acceptors (Lipinski definition) is 4. The summed E-state index contributed by atoms with van der Waals surface area (Å²) in [5, 5.41) is 3.45. The van der Waals surface area contributed by atoms with Gasteiger partial charge < -0.3 is 20.9 Å². The SMILES string of the molecule is CCN1CCN(c2ccc(F)cc2C(C)NCc2cccc(C(N)=O)c2)CC1. The van der Waals surface area contributed by atoms with Gasteiger partial charge in [-0.2, -0.15) is 0 Å². The van der Waals surface area contributed by atoms with E-state index >= 15 is 0 Å². The van der Waals surface area contributed by atoms with Crippen molar-refractivity contribution in [3.8, 4) is 0 Å². The van der Waals surface area contributed by atoms with Crippen LogP contribution in [-0.4, -0.2) is 43.5 Å². The van der Waals surface area contributed by atoms with Crippen molar-refractivity contribution in [2.75, 3.05) is 37.6 Å². The van der Waals surface area contributed by atoms with Crippen LogP contribution in [0.1, 0.15) is 41.4 Å². The van der Waals surface area contributed by atoms with Gasteiger partial charge in [-0.05, 0) is 54.9 Å². The van der Waals surface area contributed by atoms with Gasteiger partial charge in [0, 0.05) is 50.0 Å². The topological polar surface area (TPSA) is 61.6 Å². The molecule has 0 aromatic heterocycles. The lowest BCUT2D eigenvalue weighted by Crippen LogP contribution is -2.46. The van der Waals surface area contributed by atoms with Gasteiger partial charge in [-0.25, -0.2) is 4.39 Å². The molecule has 1 heterocycles. The highest BCUT2D eigenvalue weighted by molar-refractivity contribution is 5.92. The Morgan fingerprint density at radius 2 is 1.93 bits per heavy atom. The summed E-state index contributed by atoms with van der Waals surface area (Å²) in [5.41, 5.74) is 8.86. The van der Waals surface area contributed by atoms with E-state index in [1.807, 2.05) is 25.1 Å². The molecule has 2 aromatic carbocycles. The number of nitrogens with one attached hydrogen (secondary N) is 1. The largest absolute Gasteiger partial charge is 0.369 e. The molecule has 1 aliphatic rings. The first-order valence-corrected chi connectivity index (χ1v) is 9.86. The fourth-order valence-electron chi connectivity index (χ4n) is 3.68. The standard InChI is InChI=1S/C22H29FN4O/c1-3-26-9-11-27(12-10-26)21-8-7-19(23)14-20(21)16(2)25-15-17-5-4-6-18(13-17)22(24)28/h4-8,13-14,16,25H,3,9-12,15H2,1-2H3,(H2,24,28). The number of hydrogen-bond donors (Lipinski definition) is 2. The molecule has 0 spiro atoms. The molecular formula is C22H29FN4O. The molecule has 6 heteroatoms. The Morgan fingerprint density at radius 3 is 2.61 bits per heavy atom. The average Bonchev–Trinajstić information content (AvgIpc) is 2.72. The van der Waals surface area contributed by atoms with Gasteiger partial charge in [0.25, 0.3) is 0 Å². The number of carbonyl (C=O) groups excluding carboxylic acids is 1. The normalized spacial score (nSPS) is 16.2. The Bertz CT molecular complexity index is 818. The van der Waals surface area contributed by atoms with Gasteiger partial charge in [-0.1, -0.05) is 19.1 Å². The maximum atomic E-state index is 14.0. The lowest BCUT2D eigenvalue weighted by Gasteiger charge is -2.37. The molecule has 3 rings (SSSR count). The molecule has 1 amide bonds. The number of piperazine rings is 1. The number of nitrogens with two attached hydrogens (primary N) is 1. The van der Waals surface area contributed by atoms with Gasteiger partial charge in [-0.3, -0.25) is 4.79 Å². The Kier molecular flexibility index (Phi) is 6.65. The van der Waals surface area contributed by atoms with Crippen molar-refractivity contribution in [1.82, 2.24) is 10.2 Å². The third kappa shape index (κ3) is 4.88. The molecule has 1 atom stereocenters. The number of amides is 1. The van der Waals surface area contributed by atoms with E-state index in [9.17, 15) is 9.18 Å². The molecule has 0 radical (unpaired) electrons. The minimum Gasteiger partial charge on any atom is -0.369 e. The second-order valence-corrected chi connectivity index (χ2v) is 7.29. The van der Waals surface area contributed by atoms with Crippen molar-refractivity contribution in [3.63, 3.8) is 0 Å². The molecule has 1 saturated heterocycles. The zero-order valence-corrected chi connectivity index (χ0v) is 16.6. The smallest absolute Gasteiger partial charge is 0.248 e. The van der Waals surface area contributed by atoms with Crippen LogP contribution < -0.4 is 16.0 Å². The number of halogens is 1. The third-order valence-corrected chi connectivity index (χ3v) is 5.44. The minimum absolute atomic E-state index is 0.0351. The summed E-state index contributed by atoms with van der Waals surface area (Å²) in [6.45, 7) is 9.79. The van der Waals surface area contributed by atoms with E-state index in [1.54, 1.807) is 18.2 Å². The fourth-order valence-corrected chi connectivity index (χ4v) is 3.68. The van der Waals surface area contributed by atoms with Crippen LogP contribution in [0.15, 0.2) is 42.5 Å². The van der Waals surface area contributed by atoms with Gasteiger partial charge in [0.2, 0.25) is 5.91 Å². The second-order valence-electron chi connectivity index (χ2n) is 7.29. The average molecular weight is 384 g/mol. The predicted octanol–water partition coefficient (Wildman–Crippen LogP) is 2.92. The molecule has 150 valence electrons. The summed E-state index contributed by atoms with van der Waals surface area (Å²) >= 11 is 0. The minimum atomic E-state index is -0.437. The summed E-state index contributed by atoms with van der Waals surface area (Å²) in [5.74, 6) is -0.663. The van der Waals surface area contributed by atoms with Crippen LogP contribution >= 0.6 is 0 Å². The Balaban J connectivity index is 1.72. The zero-order valence-electron chi connectivity index (χ0n) is 16.6. The van der Waals surface area contributed by atoms with E-state index < -0.39 is 5.91 Å². The maximum Gasteiger partial charge on any atom is 0.248 e. The summed E-state index contributed by atoms with van der Waals surface area (Å²) in [6, 6.07) is 12.3. The first kappa shape index (κ1) is 20.3. The van der Waals surface area contributed by atoms with Crippen LogP contribution in [0.3, 0.4) is 0 Å². The van der Waals surface area contributed by atoms with Gasteiger partial charge in [0.1, 0.15) is 5.82 Å². The Morgan fingerprint density at radius 1 is 1.18 bits per heavy atom. The number of primary amides is 1. The van der Waals surface area contributed by atoms with Crippen LogP contribution in [0.4, 0.5) is 10.1 Å². The van der Waals surface area contributed by atoms with Crippen molar-refractivity contribution >= 4 is 11.6 Å². The van der Waals surface area contributed by atoms with E-state index in [1.165, 1.54) is 6.07 Å². The monoisotopic (exact) mass is 384 g/mol. The first-order chi connectivity index (χ1) is 13.5. The number of benzene rings is 2.